The molecule has 1 aromatic heterocycles. The molecule has 1 aliphatic rings. The Morgan fingerprint density at radius 2 is 1.92 bits per heavy atom. The number of nitrogens with zero attached hydrogens (tertiary/aromatic N) is 1. The summed E-state index contributed by atoms with van der Waals surface area (Å²) in [6.45, 7) is 2.02. The van der Waals surface area contributed by atoms with Crippen molar-refractivity contribution in [2.45, 2.75) is 43.2 Å². The van der Waals surface area contributed by atoms with Crippen LogP contribution < -0.4 is 9.46 Å². The minimum absolute atomic E-state index is 0.0323. The Balaban J connectivity index is 1.86. The van der Waals surface area contributed by atoms with E-state index in [4.69, 9.17) is 4.74 Å². The zero-order chi connectivity index (χ0) is 18.7. The van der Waals surface area contributed by atoms with Crippen molar-refractivity contribution in [3.05, 3.63) is 53.7 Å². The van der Waals surface area contributed by atoms with E-state index < -0.39 is 16.1 Å². The maximum absolute atomic E-state index is 12.8. The van der Waals surface area contributed by atoms with E-state index in [1.165, 1.54) is 7.11 Å². The van der Waals surface area contributed by atoms with Crippen LogP contribution in [0.15, 0.2) is 47.5 Å². The molecule has 1 heterocycles. The molecule has 2 aromatic rings. The topological polar surface area (TPSA) is 88.5 Å². The number of hydrogen-bond acceptors (Lipinski definition) is 5. The van der Waals surface area contributed by atoms with Crippen molar-refractivity contribution in [3.8, 4) is 5.88 Å². The van der Waals surface area contributed by atoms with Crippen LogP contribution in [0.2, 0.25) is 0 Å². The van der Waals surface area contributed by atoms with Crippen molar-refractivity contribution in [3.63, 3.8) is 0 Å². The lowest BCUT2D eigenvalue weighted by Crippen LogP contribution is -2.41. The van der Waals surface area contributed by atoms with Crippen molar-refractivity contribution in [2.75, 3.05) is 7.11 Å². The highest BCUT2D eigenvalue weighted by atomic mass is 32.2. The van der Waals surface area contributed by atoms with Gasteiger partial charge < -0.3 is 9.84 Å². The monoisotopic (exact) mass is 376 g/mol. The summed E-state index contributed by atoms with van der Waals surface area (Å²) in [5.41, 5.74) is 1.85. The highest BCUT2D eigenvalue weighted by molar-refractivity contribution is 7.89. The molecule has 6 nitrogen and oxygen atoms in total. The quantitative estimate of drug-likeness (QED) is 0.775. The number of aliphatic hydroxyl groups is 1. The molecule has 1 fully saturated rings. The maximum atomic E-state index is 12.8. The first-order valence-corrected chi connectivity index (χ1v) is 10.2. The molecule has 0 saturated heterocycles. The number of nitrogens with one attached hydrogen (secondary N) is 1. The lowest BCUT2D eigenvalue weighted by molar-refractivity contribution is 0.0279. The molecule has 2 N–H and O–H groups in total. The fourth-order valence-corrected chi connectivity index (χ4v) is 4.47. The van der Waals surface area contributed by atoms with Gasteiger partial charge in [-0.3, -0.25) is 0 Å². The van der Waals surface area contributed by atoms with E-state index in [9.17, 15) is 13.5 Å². The average molecular weight is 376 g/mol. The predicted octanol–water partition coefficient (Wildman–Crippen LogP) is 2.44. The Hall–Kier alpha value is -1.96. The average Bonchev–Trinajstić information content (AvgIpc) is 2.64. The number of hydrogen-bond donors (Lipinski definition) is 2. The van der Waals surface area contributed by atoms with E-state index in [1.807, 2.05) is 25.1 Å². The molecule has 0 bridgehead atoms. The number of rotatable bonds is 7. The molecular formula is C19H24N2O4S. The molecule has 0 radical (unpaired) electrons. The molecule has 0 spiro atoms. The second kappa shape index (κ2) is 7.73. The van der Waals surface area contributed by atoms with Crippen molar-refractivity contribution < 1.29 is 18.3 Å². The molecule has 1 aliphatic carbocycles. The third kappa shape index (κ3) is 4.06. The minimum Gasteiger partial charge on any atom is -0.481 e. The number of aliphatic hydroxyl groups excluding tert-OH is 1. The lowest BCUT2D eigenvalue weighted by atomic mass is 9.76. The first-order chi connectivity index (χ1) is 12.4. The zero-order valence-electron chi connectivity index (χ0n) is 14.9. The molecule has 1 aromatic carbocycles. The van der Waals surface area contributed by atoms with E-state index in [1.54, 1.807) is 24.4 Å². The highest BCUT2D eigenvalue weighted by Crippen LogP contribution is 2.39. The summed E-state index contributed by atoms with van der Waals surface area (Å²) in [6.07, 6.45) is 3.23. The molecule has 0 amide bonds. The van der Waals surface area contributed by atoms with E-state index in [-0.39, 0.29) is 16.9 Å². The summed E-state index contributed by atoms with van der Waals surface area (Å²) < 4.78 is 33.6. The molecule has 140 valence electrons. The van der Waals surface area contributed by atoms with Gasteiger partial charge in [0.05, 0.1) is 24.2 Å². The first kappa shape index (κ1) is 18.8. The molecule has 0 aliphatic heterocycles. The third-order valence-electron chi connectivity index (χ3n) is 4.87. The lowest BCUT2D eigenvalue weighted by Gasteiger charge is -2.38. The minimum atomic E-state index is -3.68. The van der Waals surface area contributed by atoms with Crippen LogP contribution >= 0.6 is 0 Å². The molecular weight excluding hydrogens is 352 g/mol. The molecule has 0 unspecified atom stereocenters. The van der Waals surface area contributed by atoms with Gasteiger partial charge in [-0.05, 0) is 48.4 Å². The summed E-state index contributed by atoms with van der Waals surface area (Å²) in [4.78, 5) is 4.42. The number of benzene rings is 1. The Bertz CT molecular complexity index is 829. The Labute approximate surface area is 154 Å². The van der Waals surface area contributed by atoms with Crippen LogP contribution in [0.1, 0.15) is 36.9 Å². The normalized spacial score (nSPS) is 21.0. The molecule has 1 saturated carbocycles. The number of aromatic nitrogens is 1. The van der Waals surface area contributed by atoms with Gasteiger partial charge in [-0.1, -0.05) is 25.1 Å². The zero-order valence-corrected chi connectivity index (χ0v) is 15.7. The summed E-state index contributed by atoms with van der Waals surface area (Å²) in [6, 6.07) is 9.98. The van der Waals surface area contributed by atoms with Gasteiger partial charge in [-0.25, -0.2) is 18.1 Å². The van der Waals surface area contributed by atoms with Crippen LogP contribution in [-0.4, -0.2) is 31.7 Å². The molecule has 3 rings (SSSR count). The van der Waals surface area contributed by atoms with Crippen LogP contribution in [0.4, 0.5) is 0 Å². The van der Waals surface area contributed by atoms with Gasteiger partial charge >= 0.3 is 0 Å². The van der Waals surface area contributed by atoms with E-state index in [0.717, 1.165) is 17.5 Å². The van der Waals surface area contributed by atoms with Crippen LogP contribution in [0.5, 0.6) is 5.88 Å². The molecule has 7 heteroatoms. The van der Waals surface area contributed by atoms with Gasteiger partial charge in [-0.15, -0.1) is 0 Å². The highest BCUT2D eigenvalue weighted by Gasteiger charge is 2.37. The van der Waals surface area contributed by atoms with Gasteiger partial charge in [0.1, 0.15) is 0 Å². The van der Waals surface area contributed by atoms with E-state index in [2.05, 4.69) is 9.71 Å². The second-order valence-electron chi connectivity index (χ2n) is 6.62. The second-order valence-corrected chi connectivity index (χ2v) is 8.33. The number of methoxy groups -OCH3 is 1. The Morgan fingerprint density at radius 1 is 1.23 bits per heavy atom. The number of pyridine rings is 1. The summed E-state index contributed by atoms with van der Waals surface area (Å²) in [7, 11) is -2.15. The summed E-state index contributed by atoms with van der Waals surface area (Å²) in [5, 5.41) is 9.66. The SMILES string of the molecule is CCc1ccc(S(=O)(=O)N[C@@H](c2ccc(OC)nc2)C2CC(O)C2)cc1. The first-order valence-electron chi connectivity index (χ1n) is 8.72. The smallest absolute Gasteiger partial charge is 0.241 e. The largest absolute Gasteiger partial charge is 0.481 e. The van der Waals surface area contributed by atoms with Crippen molar-refractivity contribution in [1.82, 2.24) is 9.71 Å². The number of ether oxygens (including phenoxy) is 1. The summed E-state index contributed by atoms with van der Waals surface area (Å²) in [5.74, 6) is 0.504. The fourth-order valence-electron chi connectivity index (χ4n) is 3.17. The van der Waals surface area contributed by atoms with Gasteiger partial charge in [0.15, 0.2) is 0 Å². The standard InChI is InChI=1S/C19H24N2O4S/c1-3-13-4-7-17(8-5-13)26(23,24)21-19(15-10-16(22)11-15)14-6-9-18(25-2)20-12-14/h4-9,12,15-16,19,21-22H,3,10-11H2,1-2H3/t15?,16?,19-/m0/s1. The van der Waals surface area contributed by atoms with Crippen LogP contribution in [0, 0.1) is 5.92 Å². The van der Waals surface area contributed by atoms with Gasteiger partial charge in [0.25, 0.3) is 0 Å². The van der Waals surface area contributed by atoms with Crippen molar-refractivity contribution >= 4 is 10.0 Å². The predicted molar refractivity (Wildman–Crippen MR) is 98.4 cm³/mol. The van der Waals surface area contributed by atoms with Crippen LogP contribution in [0.25, 0.3) is 0 Å². The van der Waals surface area contributed by atoms with E-state index in [0.29, 0.717) is 18.7 Å². The Kier molecular flexibility index (Phi) is 5.60. The Morgan fingerprint density at radius 3 is 2.42 bits per heavy atom. The van der Waals surface area contributed by atoms with Gasteiger partial charge in [0.2, 0.25) is 15.9 Å². The van der Waals surface area contributed by atoms with E-state index >= 15 is 0 Å². The van der Waals surface area contributed by atoms with Gasteiger partial charge in [-0.2, -0.15) is 0 Å². The van der Waals surface area contributed by atoms with Gasteiger partial charge in [0, 0.05) is 12.3 Å². The van der Waals surface area contributed by atoms with Crippen LogP contribution in [0.3, 0.4) is 0 Å². The third-order valence-corrected chi connectivity index (χ3v) is 6.33. The van der Waals surface area contributed by atoms with Crippen LogP contribution in [-0.2, 0) is 16.4 Å². The van der Waals surface area contributed by atoms with Crippen molar-refractivity contribution in [1.29, 1.82) is 0 Å². The summed E-state index contributed by atoms with van der Waals surface area (Å²) >= 11 is 0. The molecule has 1 atom stereocenters. The molecule has 26 heavy (non-hydrogen) atoms. The maximum Gasteiger partial charge on any atom is 0.241 e. The van der Waals surface area contributed by atoms with Crippen molar-refractivity contribution in [2.24, 2.45) is 5.92 Å². The number of sulfonamides is 1. The fraction of sp³-hybridized carbons (Fsp3) is 0.421. The number of aryl methyl sites for hydroxylation is 1.